The third kappa shape index (κ3) is 6.31. The summed E-state index contributed by atoms with van der Waals surface area (Å²) < 4.78 is 10.4. The molecule has 6 heteroatoms. The topological polar surface area (TPSA) is 65.2 Å². The van der Waals surface area contributed by atoms with E-state index in [1.54, 1.807) is 18.7 Å². The fourth-order valence-corrected chi connectivity index (χ4v) is 1.85. The Kier molecular flexibility index (Phi) is 4.99. The van der Waals surface area contributed by atoms with Crippen LogP contribution in [0.25, 0.3) is 0 Å². The Morgan fingerprint density at radius 3 is 2.65 bits per heavy atom. The van der Waals surface area contributed by atoms with Gasteiger partial charge < -0.3 is 9.15 Å². The molecule has 0 aliphatic heterocycles. The third-order valence-corrected chi connectivity index (χ3v) is 2.61. The van der Waals surface area contributed by atoms with Gasteiger partial charge in [0, 0.05) is 12.7 Å². The van der Waals surface area contributed by atoms with Gasteiger partial charge in [-0.05, 0) is 20.8 Å². The van der Waals surface area contributed by atoms with Crippen LogP contribution in [-0.2, 0) is 15.3 Å². The van der Waals surface area contributed by atoms with Crippen molar-refractivity contribution in [3.8, 4) is 0 Å². The number of carbonyl (C=O) groups is 1. The predicted octanol–water partition coefficient (Wildman–Crippen LogP) is 2.34. The summed E-state index contributed by atoms with van der Waals surface area (Å²) in [5.74, 6) is 2.30. The quantitative estimate of drug-likeness (QED) is 0.596. The van der Waals surface area contributed by atoms with Crippen LogP contribution < -0.4 is 0 Å². The number of hydrogen-bond acceptors (Lipinski definition) is 6. The maximum Gasteiger partial charge on any atom is 0.307 e. The Morgan fingerprint density at radius 2 is 2.12 bits per heavy atom. The lowest BCUT2D eigenvalue weighted by Gasteiger charge is -2.19. The highest BCUT2D eigenvalue weighted by atomic mass is 32.2. The number of thioether (sulfide) groups is 1. The van der Waals surface area contributed by atoms with Crippen molar-refractivity contribution in [2.24, 2.45) is 0 Å². The highest BCUT2D eigenvalue weighted by Crippen LogP contribution is 2.14. The van der Waals surface area contributed by atoms with Crippen molar-refractivity contribution >= 4 is 17.7 Å². The first kappa shape index (κ1) is 14.0. The SMILES string of the molecule is Cc1nnc(CSCCC(=O)OC(C)(C)C)o1. The molecule has 0 unspecified atom stereocenters. The minimum atomic E-state index is -0.411. The van der Waals surface area contributed by atoms with Crippen LogP contribution in [0.5, 0.6) is 0 Å². The summed E-state index contributed by atoms with van der Waals surface area (Å²) in [5.41, 5.74) is -0.411. The normalized spacial score (nSPS) is 11.5. The summed E-state index contributed by atoms with van der Waals surface area (Å²) in [6.07, 6.45) is 0.398. The maximum absolute atomic E-state index is 11.4. The number of aryl methyl sites for hydroxylation is 1. The standard InChI is InChI=1S/C11H18N2O3S/c1-8-12-13-9(15-8)7-17-6-5-10(14)16-11(2,3)4/h5-7H2,1-4H3. The Labute approximate surface area is 105 Å². The second-order valence-corrected chi connectivity index (χ2v) is 5.71. The number of nitrogens with zero attached hydrogens (tertiary/aromatic N) is 2. The van der Waals surface area contributed by atoms with Gasteiger partial charge in [-0.3, -0.25) is 4.79 Å². The van der Waals surface area contributed by atoms with E-state index < -0.39 is 5.60 Å². The highest BCUT2D eigenvalue weighted by Gasteiger charge is 2.15. The van der Waals surface area contributed by atoms with Crippen LogP contribution >= 0.6 is 11.8 Å². The van der Waals surface area contributed by atoms with E-state index in [9.17, 15) is 4.79 Å². The molecule has 0 fully saturated rings. The second kappa shape index (κ2) is 6.05. The van der Waals surface area contributed by atoms with Crippen LogP contribution in [0.15, 0.2) is 4.42 Å². The molecule has 0 aliphatic carbocycles. The highest BCUT2D eigenvalue weighted by molar-refractivity contribution is 7.98. The van der Waals surface area contributed by atoms with Gasteiger partial charge in [0.05, 0.1) is 12.2 Å². The smallest absolute Gasteiger partial charge is 0.307 e. The molecule has 1 aromatic heterocycles. The van der Waals surface area contributed by atoms with Gasteiger partial charge in [0.2, 0.25) is 11.8 Å². The van der Waals surface area contributed by atoms with Crippen LogP contribution in [0.1, 0.15) is 39.0 Å². The minimum absolute atomic E-state index is 0.174. The van der Waals surface area contributed by atoms with Crippen molar-refractivity contribution in [3.05, 3.63) is 11.8 Å². The Balaban J connectivity index is 2.14. The van der Waals surface area contributed by atoms with E-state index in [1.165, 1.54) is 0 Å². The largest absolute Gasteiger partial charge is 0.460 e. The zero-order chi connectivity index (χ0) is 12.9. The zero-order valence-electron chi connectivity index (χ0n) is 10.6. The molecule has 0 N–H and O–H groups in total. The molecule has 17 heavy (non-hydrogen) atoms. The lowest BCUT2D eigenvalue weighted by Crippen LogP contribution is -2.24. The van der Waals surface area contributed by atoms with Crippen molar-refractivity contribution in [1.29, 1.82) is 0 Å². The van der Waals surface area contributed by atoms with Crippen molar-refractivity contribution in [2.75, 3.05) is 5.75 Å². The van der Waals surface area contributed by atoms with Crippen molar-refractivity contribution < 1.29 is 13.9 Å². The van der Waals surface area contributed by atoms with Gasteiger partial charge >= 0.3 is 5.97 Å². The third-order valence-electron chi connectivity index (χ3n) is 1.66. The summed E-state index contributed by atoms with van der Waals surface area (Å²) in [4.78, 5) is 11.4. The van der Waals surface area contributed by atoms with E-state index in [-0.39, 0.29) is 5.97 Å². The molecular weight excluding hydrogens is 240 g/mol. The minimum Gasteiger partial charge on any atom is -0.460 e. The number of aromatic nitrogens is 2. The van der Waals surface area contributed by atoms with E-state index in [2.05, 4.69) is 10.2 Å². The van der Waals surface area contributed by atoms with Crippen LogP contribution in [0.4, 0.5) is 0 Å². The summed E-state index contributed by atoms with van der Waals surface area (Å²) in [6, 6.07) is 0. The van der Waals surface area contributed by atoms with Gasteiger partial charge in [0.15, 0.2) is 0 Å². The van der Waals surface area contributed by atoms with Crippen molar-refractivity contribution in [3.63, 3.8) is 0 Å². The fraction of sp³-hybridized carbons (Fsp3) is 0.727. The first-order chi connectivity index (χ1) is 7.87. The van der Waals surface area contributed by atoms with Crippen LogP contribution in [-0.4, -0.2) is 27.5 Å². The van der Waals surface area contributed by atoms with Crippen molar-refractivity contribution in [2.45, 2.75) is 45.5 Å². The average molecular weight is 258 g/mol. The second-order valence-electron chi connectivity index (χ2n) is 4.60. The Morgan fingerprint density at radius 1 is 1.41 bits per heavy atom. The van der Waals surface area contributed by atoms with Gasteiger partial charge in [-0.2, -0.15) is 11.8 Å². The van der Waals surface area contributed by atoms with E-state index >= 15 is 0 Å². The number of hydrogen-bond donors (Lipinski definition) is 0. The Bertz CT molecular complexity index is 371. The number of rotatable bonds is 5. The molecule has 1 aromatic rings. The van der Waals surface area contributed by atoms with E-state index in [4.69, 9.17) is 9.15 Å². The molecule has 0 saturated carbocycles. The molecule has 0 saturated heterocycles. The maximum atomic E-state index is 11.4. The molecule has 5 nitrogen and oxygen atoms in total. The monoisotopic (exact) mass is 258 g/mol. The molecule has 0 amide bonds. The average Bonchev–Trinajstić information content (AvgIpc) is 2.56. The summed E-state index contributed by atoms with van der Waals surface area (Å²) in [6.45, 7) is 7.33. The number of esters is 1. The van der Waals surface area contributed by atoms with E-state index in [1.807, 2.05) is 20.8 Å². The van der Waals surface area contributed by atoms with Gasteiger partial charge in [-0.15, -0.1) is 10.2 Å². The van der Waals surface area contributed by atoms with Crippen LogP contribution in [0, 0.1) is 6.92 Å². The lowest BCUT2D eigenvalue weighted by molar-refractivity contribution is -0.154. The van der Waals surface area contributed by atoms with Gasteiger partial charge in [0.25, 0.3) is 0 Å². The molecule has 0 aromatic carbocycles. The summed E-state index contributed by atoms with van der Waals surface area (Å²) in [5, 5.41) is 7.60. The fourth-order valence-electron chi connectivity index (χ4n) is 1.10. The summed E-state index contributed by atoms with van der Waals surface area (Å²) >= 11 is 1.58. The van der Waals surface area contributed by atoms with Gasteiger partial charge in [-0.25, -0.2) is 0 Å². The van der Waals surface area contributed by atoms with Gasteiger partial charge in [-0.1, -0.05) is 0 Å². The molecule has 0 bridgehead atoms. The van der Waals surface area contributed by atoms with Crippen molar-refractivity contribution in [1.82, 2.24) is 10.2 Å². The molecule has 0 radical (unpaired) electrons. The van der Waals surface area contributed by atoms with E-state index in [0.29, 0.717) is 29.7 Å². The number of carbonyl (C=O) groups excluding carboxylic acids is 1. The first-order valence-electron chi connectivity index (χ1n) is 5.45. The van der Waals surface area contributed by atoms with Crippen LogP contribution in [0.2, 0.25) is 0 Å². The summed E-state index contributed by atoms with van der Waals surface area (Å²) in [7, 11) is 0. The zero-order valence-corrected chi connectivity index (χ0v) is 11.5. The molecule has 0 aliphatic rings. The molecule has 0 atom stereocenters. The molecule has 0 spiro atoms. The predicted molar refractivity (Wildman–Crippen MR) is 65.7 cm³/mol. The molecular formula is C11H18N2O3S. The molecule has 1 rings (SSSR count). The van der Waals surface area contributed by atoms with E-state index in [0.717, 1.165) is 0 Å². The first-order valence-corrected chi connectivity index (χ1v) is 6.61. The van der Waals surface area contributed by atoms with Crippen LogP contribution in [0.3, 0.4) is 0 Å². The molecule has 1 heterocycles. The van der Waals surface area contributed by atoms with Gasteiger partial charge in [0.1, 0.15) is 5.60 Å². The number of ether oxygens (including phenoxy) is 1. The lowest BCUT2D eigenvalue weighted by atomic mass is 10.2. The molecule has 96 valence electrons. The Hall–Kier alpha value is -1.04.